The molecule has 1 rings (SSSR count). The Morgan fingerprint density at radius 1 is 1.38 bits per heavy atom. The maximum Gasteiger partial charge on any atom is 0.447 e. The number of hydrogen-bond donors (Lipinski definition) is 2. The second kappa shape index (κ2) is 8.40. The van der Waals surface area contributed by atoms with E-state index < -0.39 is 28.5 Å². The monoisotopic (exact) mass is 350 g/mol. The number of nitrogens with one attached hydrogen (secondary N) is 1. The van der Waals surface area contributed by atoms with Crippen LogP contribution in [0.5, 0.6) is 0 Å². The van der Waals surface area contributed by atoms with Crippen LogP contribution in [0.4, 0.5) is 32.4 Å². The summed E-state index contributed by atoms with van der Waals surface area (Å²) in [5.41, 5.74) is -4.75. The zero-order valence-corrected chi connectivity index (χ0v) is 12.3. The lowest BCUT2D eigenvalue weighted by molar-refractivity contribution is -0.567. The minimum atomic E-state index is -4.46. The zero-order chi connectivity index (χ0) is 15.3. The number of benzene rings is 1. The molecule has 0 saturated heterocycles. The predicted octanol–water partition coefficient (Wildman–Crippen LogP) is 0.0532. The van der Waals surface area contributed by atoms with Gasteiger partial charge in [0.05, 0.1) is 5.69 Å². The number of carbonyl (C=O) groups excluding carboxylic acids is 1. The number of primary amides is 1. The van der Waals surface area contributed by atoms with Gasteiger partial charge in [0.1, 0.15) is 17.0 Å². The molecule has 21 heavy (non-hydrogen) atoms. The normalized spacial score (nSPS) is 12.5. The van der Waals surface area contributed by atoms with Gasteiger partial charge in [0, 0.05) is 24.2 Å². The molecule has 120 valence electrons. The van der Waals surface area contributed by atoms with Crippen molar-refractivity contribution < 1.29 is 44.5 Å². The van der Waals surface area contributed by atoms with E-state index in [9.17, 15) is 26.7 Å². The highest BCUT2D eigenvalue weighted by Gasteiger charge is 2.35. The van der Waals surface area contributed by atoms with Crippen LogP contribution in [0.15, 0.2) is 18.2 Å². The summed E-state index contributed by atoms with van der Waals surface area (Å²) in [6.07, 6.45) is 0.0868. The number of quaternary nitrogens is 1. The summed E-state index contributed by atoms with van der Waals surface area (Å²) < 4.78 is 62.5. The second-order valence-corrected chi connectivity index (χ2v) is 5.09. The second-order valence-electron chi connectivity index (χ2n) is 3.79. The highest BCUT2D eigenvalue weighted by Crippen LogP contribution is 2.32. The highest BCUT2D eigenvalue weighted by atomic mass is 35.5. The average molecular weight is 351 g/mol. The number of thioether (sulfide) groups is 1. The van der Waals surface area contributed by atoms with Gasteiger partial charge in [0.15, 0.2) is 0 Å². The Hall–Kier alpha value is -1.06. The van der Waals surface area contributed by atoms with Crippen molar-refractivity contribution in [1.82, 2.24) is 0 Å². The van der Waals surface area contributed by atoms with Crippen molar-refractivity contribution in [1.29, 1.82) is 0 Å². The molecule has 0 radical (unpaired) electrons. The summed E-state index contributed by atoms with van der Waals surface area (Å²) in [7, 11) is 0. The molecule has 0 bridgehead atoms. The van der Waals surface area contributed by atoms with Gasteiger partial charge in [-0.3, -0.25) is 10.6 Å². The van der Waals surface area contributed by atoms with Crippen LogP contribution >= 0.6 is 11.8 Å². The molecule has 0 fully saturated rings. The third kappa shape index (κ3) is 7.49. The Balaban J connectivity index is 0.00000400. The summed E-state index contributed by atoms with van der Waals surface area (Å²) in [5.74, 6) is -1.81. The quantitative estimate of drug-likeness (QED) is 0.595. The van der Waals surface area contributed by atoms with Gasteiger partial charge >= 0.3 is 11.5 Å². The number of nitrogens with two attached hydrogens (primary N) is 1. The summed E-state index contributed by atoms with van der Waals surface area (Å²) in [6, 6.07) is 1.62. The molecule has 2 amide bonds. The van der Waals surface area contributed by atoms with E-state index in [0.717, 1.165) is 17.4 Å². The summed E-state index contributed by atoms with van der Waals surface area (Å²) >= 11 is -0.323. The molecule has 0 aromatic heterocycles. The van der Waals surface area contributed by atoms with Gasteiger partial charge in [-0.15, -0.1) is 0 Å². The van der Waals surface area contributed by atoms with E-state index in [-0.39, 0.29) is 36.3 Å². The first-order chi connectivity index (χ1) is 9.21. The fraction of sp³-hybridized carbons (Fsp3) is 0.364. The third-order valence-corrected chi connectivity index (χ3v) is 3.25. The van der Waals surface area contributed by atoms with Crippen LogP contribution in [-0.2, 0) is 0 Å². The van der Waals surface area contributed by atoms with Crippen molar-refractivity contribution in [2.45, 2.75) is 24.2 Å². The number of amides is 2. The molecule has 1 atom stereocenters. The maximum absolute atomic E-state index is 13.2. The van der Waals surface area contributed by atoms with Crippen molar-refractivity contribution >= 4 is 23.5 Å². The smallest absolute Gasteiger partial charge is 0.447 e. The van der Waals surface area contributed by atoms with E-state index in [1.807, 2.05) is 0 Å². The largest absolute Gasteiger partial charge is 1.00 e. The number of hydrogen-bond acceptors (Lipinski definition) is 2. The Morgan fingerprint density at radius 2 is 2.00 bits per heavy atom. The van der Waals surface area contributed by atoms with Crippen LogP contribution < -0.4 is 23.0 Å². The summed E-state index contributed by atoms with van der Waals surface area (Å²) in [4.78, 5) is 11.5. The predicted molar refractivity (Wildman–Crippen MR) is 65.0 cm³/mol. The zero-order valence-electron chi connectivity index (χ0n) is 10.7. The number of urea groups is 1. The van der Waals surface area contributed by atoms with Gasteiger partial charge in [-0.05, 0) is 12.1 Å². The van der Waals surface area contributed by atoms with E-state index in [1.165, 1.54) is 6.92 Å². The number of rotatable bonds is 4. The lowest BCUT2D eigenvalue weighted by atomic mass is 10.3. The van der Waals surface area contributed by atoms with Gasteiger partial charge in [-0.1, -0.05) is 6.92 Å². The Morgan fingerprint density at radius 3 is 2.48 bits per heavy atom. The molecule has 1 unspecified atom stereocenters. The molecule has 0 spiro atoms. The van der Waals surface area contributed by atoms with E-state index in [0.29, 0.717) is 6.07 Å². The number of halogens is 6. The first-order valence-corrected chi connectivity index (χ1v) is 6.44. The van der Waals surface area contributed by atoms with Gasteiger partial charge in [-0.25, -0.2) is 13.6 Å². The topological polar surface area (TPSA) is 45.7 Å². The average Bonchev–Trinajstić information content (AvgIpc) is 2.30. The Bertz CT molecular complexity index is 486. The molecule has 1 aromatic rings. The van der Waals surface area contributed by atoms with Crippen LogP contribution in [0.3, 0.4) is 0 Å². The number of carbonyl (C=O) groups is 1. The van der Waals surface area contributed by atoms with Crippen LogP contribution in [0, 0.1) is 11.6 Å². The summed E-state index contributed by atoms with van der Waals surface area (Å²) in [5, 5.41) is 1.82. The van der Waals surface area contributed by atoms with Gasteiger partial charge in [0.25, 0.3) is 0 Å². The van der Waals surface area contributed by atoms with Gasteiger partial charge < -0.3 is 12.4 Å². The SMILES string of the molecule is CCC([NH2+]C(=O)Nc1ccc(F)cc1F)SC(F)(F)F.[Cl-]. The van der Waals surface area contributed by atoms with Gasteiger partial charge in [-0.2, -0.15) is 13.2 Å². The summed E-state index contributed by atoms with van der Waals surface area (Å²) in [6.45, 7) is 1.49. The standard InChI is InChI=1S/C11H11F5N2OS.ClH/c1-2-9(20-11(14,15)16)18-10(19)17-8-4-3-6(12)5-7(8)13;/h3-5,9H,2H2,1H3,(H2,17,18,19);1H. The minimum absolute atomic E-state index is 0. The van der Waals surface area contributed by atoms with Gasteiger partial charge in [0.2, 0.25) is 0 Å². The van der Waals surface area contributed by atoms with E-state index >= 15 is 0 Å². The molecule has 0 saturated carbocycles. The molecule has 3 N–H and O–H groups in total. The highest BCUT2D eigenvalue weighted by molar-refractivity contribution is 8.00. The van der Waals surface area contributed by atoms with E-state index in [2.05, 4.69) is 5.32 Å². The molecular weight excluding hydrogens is 339 g/mol. The Kier molecular flexibility index (Phi) is 7.98. The maximum atomic E-state index is 13.2. The molecule has 3 nitrogen and oxygen atoms in total. The van der Waals surface area contributed by atoms with Crippen molar-refractivity contribution in [3.8, 4) is 0 Å². The van der Waals surface area contributed by atoms with E-state index in [4.69, 9.17) is 0 Å². The van der Waals surface area contributed by atoms with Crippen molar-refractivity contribution in [2.75, 3.05) is 5.32 Å². The van der Waals surface area contributed by atoms with Crippen LogP contribution in [-0.4, -0.2) is 16.9 Å². The van der Waals surface area contributed by atoms with Crippen LogP contribution in [0.1, 0.15) is 13.3 Å². The molecule has 0 aliphatic carbocycles. The first-order valence-electron chi connectivity index (χ1n) is 5.56. The molecule has 0 heterocycles. The lowest BCUT2D eigenvalue weighted by Crippen LogP contribution is -3.00. The van der Waals surface area contributed by atoms with Crippen LogP contribution in [0.25, 0.3) is 0 Å². The van der Waals surface area contributed by atoms with Crippen LogP contribution in [0.2, 0.25) is 0 Å². The fourth-order valence-corrected chi connectivity index (χ4v) is 2.04. The molecular formula is C11H12ClF5N2OS. The van der Waals surface area contributed by atoms with Crippen molar-refractivity contribution in [3.63, 3.8) is 0 Å². The third-order valence-electron chi connectivity index (χ3n) is 2.21. The molecule has 0 aliphatic heterocycles. The number of anilines is 1. The Labute approximate surface area is 128 Å². The molecule has 0 aliphatic rings. The number of alkyl halides is 3. The first kappa shape index (κ1) is 19.9. The van der Waals surface area contributed by atoms with E-state index in [1.54, 1.807) is 0 Å². The van der Waals surface area contributed by atoms with Crippen molar-refractivity contribution in [2.24, 2.45) is 0 Å². The lowest BCUT2D eigenvalue weighted by Gasteiger charge is -2.14. The van der Waals surface area contributed by atoms with Crippen molar-refractivity contribution in [3.05, 3.63) is 29.8 Å². The molecule has 1 aromatic carbocycles. The minimum Gasteiger partial charge on any atom is -1.00 e. The fourth-order valence-electron chi connectivity index (χ4n) is 1.34. The molecule has 10 heteroatoms.